The van der Waals surface area contributed by atoms with E-state index in [2.05, 4.69) is 25.7 Å². The molecule has 1 fully saturated rings. The lowest BCUT2D eigenvalue weighted by molar-refractivity contribution is -0.137. The van der Waals surface area contributed by atoms with Crippen LogP contribution in [0.5, 0.6) is 0 Å². The Balaban J connectivity index is 1.68. The molecule has 1 saturated heterocycles. The van der Waals surface area contributed by atoms with Crippen molar-refractivity contribution in [3.63, 3.8) is 0 Å². The Morgan fingerprint density at radius 3 is 2.81 bits per heavy atom. The van der Waals surface area contributed by atoms with E-state index in [1.54, 1.807) is 25.7 Å². The second kappa shape index (κ2) is 8.35. The average Bonchev–Trinajstić information content (AvgIpc) is 3.28. The number of H-pyrrole nitrogens is 1. The Hall–Kier alpha value is -2.26. The zero-order valence-electron chi connectivity index (χ0n) is 17.5. The number of amides is 1. The van der Waals surface area contributed by atoms with E-state index >= 15 is 0 Å². The number of nitrogens with zero attached hydrogens (tertiary/aromatic N) is 2. The third kappa shape index (κ3) is 4.82. The topological polar surface area (TPSA) is 67.4 Å². The smallest absolute Gasteiger partial charge is 0.410 e. The van der Waals surface area contributed by atoms with Crippen LogP contribution in [-0.2, 0) is 9.47 Å². The first kappa shape index (κ1) is 22.0. The van der Waals surface area contributed by atoms with Gasteiger partial charge in [0, 0.05) is 22.3 Å². The third-order valence-corrected chi connectivity index (χ3v) is 5.73. The summed E-state index contributed by atoms with van der Waals surface area (Å²) in [5, 5.41) is 2.03. The van der Waals surface area contributed by atoms with Crippen LogP contribution in [0.15, 0.2) is 34.8 Å². The Morgan fingerprint density at radius 2 is 2.10 bits per heavy atom. The summed E-state index contributed by atoms with van der Waals surface area (Å²) in [4.78, 5) is 22.5. The molecule has 0 bridgehead atoms. The molecule has 9 heteroatoms. The lowest BCUT2D eigenvalue weighted by Crippen LogP contribution is -2.37. The fourth-order valence-corrected chi connectivity index (χ4v) is 4.36. The van der Waals surface area contributed by atoms with Crippen molar-refractivity contribution in [3.8, 4) is 0 Å². The highest BCUT2D eigenvalue weighted by Gasteiger charge is 2.40. The Bertz CT molecular complexity index is 1110. The summed E-state index contributed by atoms with van der Waals surface area (Å²) in [6, 6.07) is 9.50. The molecule has 0 aliphatic carbocycles. The van der Waals surface area contributed by atoms with Crippen LogP contribution in [0.3, 0.4) is 0 Å². The zero-order valence-corrected chi connectivity index (χ0v) is 19.1. The van der Waals surface area contributed by atoms with Crippen molar-refractivity contribution in [2.45, 2.75) is 45.4 Å². The Morgan fingerprint density at radius 1 is 1.32 bits per heavy atom. The molecule has 0 saturated carbocycles. The molecule has 1 amide bonds. The second-order valence-electron chi connectivity index (χ2n) is 8.79. The Kier molecular flexibility index (Phi) is 5.91. The van der Waals surface area contributed by atoms with Crippen LogP contribution in [-0.4, -0.2) is 46.3 Å². The van der Waals surface area contributed by atoms with Crippen LogP contribution < -0.4 is 0 Å². The maximum absolute atomic E-state index is 12.9. The van der Waals surface area contributed by atoms with Crippen LogP contribution in [0.2, 0.25) is 0 Å². The first-order valence-corrected chi connectivity index (χ1v) is 10.9. The van der Waals surface area contributed by atoms with E-state index in [-0.39, 0.29) is 19.1 Å². The number of hydrogen-bond donors (Lipinski definition) is 1. The number of nitrogens with one attached hydrogen (secondary N) is 1. The van der Waals surface area contributed by atoms with Gasteiger partial charge in [-0.2, -0.15) is 8.78 Å². The molecule has 31 heavy (non-hydrogen) atoms. The van der Waals surface area contributed by atoms with E-state index in [0.717, 1.165) is 26.3 Å². The number of likely N-dealkylation sites (tertiary alicyclic amines) is 1. The predicted octanol–water partition coefficient (Wildman–Crippen LogP) is 6.02. The number of ether oxygens (including phenoxy) is 2. The molecule has 166 valence electrons. The number of aromatic amines is 1. The predicted molar refractivity (Wildman–Crippen MR) is 117 cm³/mol. The SMILES string of the molecule is CC(C)(C)OC(=O)N1C[C@@H](COC(F)F)C[C@H]1c1nc2c(ccc3cc(Br)ccc32)[nH]1. The summed E-state index contributed by atoms with van der Waals surface area (Å²) in [6.07, 6.45) is -0.0405. The van der Waals surface area contributed by atoms with E-state index < -0.39 is 24.3 Å². The zero-order chi connectivity index (χ0) is 22.3. The highest BCUT2D eigenvalue weighted by Crippen LogP contribution is 2.37. The molecule has 6 nitrogen and oxygen atoms in total. The molecule has 2 aromatic carbocycles. The number of imidazole rings is 1. The molecular weight excluding hydrogens is 472 g/mol. The van der Waals surface area contributed by atoms with Gasteiger partial charge in [0.25, 0.3) is 0 Å². The van der Waals surface area contributed by atoms with E-state index in [0.29, 0.717) is 12.2 Å². The third-order valence-electron chi connectivity index (χ3n) is 5.24. The minimum absolute atomic E-state index is 0.134. The molecule has 1 N–H and O–H groups in total. The molecule has 1 aliphatic rings. The Labute approximate surface area is 187 Å². The van der Waals surface area contributed by atoms with E-state index in [4.69, 9.17) is 9.72 Å². The fraction of sp³-hybridized carbons (Fsp3) is 0.455. The normalized spacial score (nSPS) is 19.6. The average molecular weight is 496 g/mol. The van der Waals surface area contributed by atoms with Gasteiger partial charge in [-0.3, -0.25) is 4.90 Å². The van der Waals surface area contributed by atoms with Gasteiger partial charge in [0.1, 0.15) is 11.4 Å². The van der Waals surface area contributed by atoms with Crippen LogP contribution in [0, 0.1) is 5.92 Å². The molecule has 1 aliphatic heterocycles. The van der Waals surface area contributed by atoms with Crippen LogP contribution in [0.1, 0.15) is 39.1 Å². The summed E-state index contributed by atoms with van der Waals surface area (Å²) in [6.45, 7) is 2.66. The van der Waals surface area contributed by atoms with Gasteiger partial charge < -0.3 is 14.5 Å². The monoisotopic (exact) mass is 495 g/mol. The molecule has 2 heterocycles. The van der Waals surface area contributed by atoms with E-state index in [1.807, 2.05) is 30.3 Å². The van der Waals surface area contributed by atoms with Gasteiger partial charge in [0.15, 0.2) is 0 Å². The van der Waals surface area contributed by atoms with E-state index in [1.165, 1.54) is 0 Å². The van der Waals surface area contributed by atoms with Crippen molar-refractivity contribution in [1.29, 1.82) is 0 Å². The maximum Gasteiger partial charge on any atom is 0.410 e. The van der Waals surface area contributed by atoms with Crippen molar-refractivity contribution in [2.24, 2.45) is 5.92 Å². The van der Waals surface area contributed by atoms with Gasteiger partial charge in [0.2, 0.25) is 0 Å². The number of rotatable bonds is 4. The molecule has 4 rings (SSSR count). The van der Waals surface area contributed by atoms with Gasteiger partial charge in [0.05, 0.1) is 23.7 Å². The summed E-state index contributed by atoms with van der Waals surface area (Å²) >= 11 is 3.48. The molecule has 0 radical (unpaired) electrons. The van der Waals surface area contributed by atoms with Crippen molar-refractivity contribution in [2.75, 3.05) is 13.2 Å². The number of benzene rings is 2. The lowest BCUT2D eigenvalue weighted by Gasteiger charge is -2.27. The molecule has 0 unspecified atom stereocenters. The van der Waals surface area contributed by atoms with Gasteiger partial charge in [-0.15, -0.1) is 0 Å². The minimum Gasteiger partial charge on any atom is -0.444 e. The summed E-state index contributed by atoms with van der Waals surface area (Å²) in [7, 11) is 0. The largest absolute Gasteiger partial charge is 0.444 e. The number of fused-ring (bicyclic) bond motifs is 3. The van der Waals surface area contributed by atoms with Crippen LogP contribution in [0.25, 0.3) is 21.8 Å². The molecule has 2 atom stereocenters. The van der Waals surface area contributed by atoms with Crippen molar-refractivity contribution < 1.29 is 23.0 Å². The minimum atomic E-state index is -2.84. The van der Waals surface area contributed by atoms with Gasteiger partial charge in [-0.05, 0) is 50.8 Å². The van der Waals surface area contributed by atoms with Crippen LogP contribution in [0.4, 0.5) is 13.6 Å². The van der Waals surface area contributed by atoms with Crippen molar-refractivity contribution in [1.82, 2.24) is 14.9 Å². The highest BCUT2D eigenvalue weighted by molar-refractivity contribution is 9.10. The molecule has 1 aromatic heterocycles. The maximum atomic E-state index is 12.9. The fourth-order valence-electron chi connectivity index (χ4n) is 3.98. The first-order valence-electron chi connectivity index (χ1n) is 10.1. The van der Waals surface area contributed by atoms with E-state index in [9.17, 15) is 13.6 Å². The quantitative estimate of drug-likeness (QED) is 0.480. The van der Waals surface area contributed by atoms with Crippen LogP contribution >= 0.6 is 15.9 Å². The van der Waals surface area contributed by atoms with Gasteiger partial charge in [-0.25, -0.2) is 9.78 Å². The number of alkyl halides is 2. The molecule has 3 aromatic rings. The highest BCUT2D eigenvalue weighted by atomic mass is 79.9. The second-order valence-corrected chi connectivity index (χ2v) is 9.71. The number of carbonyl (C=O) groups excluding carboxylic acids is 1. The molecule has 0 spiro atoms. The number of halogens is 3. The van der Waals surface area contributed by atoms with Crippen molar-refractivity contribution >= 4 is 43.8 Å². The van der Waals surface area contributed by atoms with Crippen molar-refractivity contribution in [3.05, 3.63) is 40.6 Å². The summed E-state index contributed by atoms with van der Waals surface area (Å²) in [5.41, 5.74) is 0.981. The first-order chi connectivity index (χ1) is 14.6. The van der Waals surface area contributed by atoms with Gasteiger partial charge >= 0.3 is 12.7 Å². The summed E-state index contributed by atoms with van der Waals surface area (Å²) in [5.74, 6) is 0.364. The van der Waals surface area contributed by atoms with Gasteiger partial charge in [-0.1, -0.05) is 28.1 Å². The standard InChI is InChI=1S/C22H24BrF2N3O3/c1-22(2,3)31-21(29)28-10-12(11-30-20(24)25)8-17(28)19-26-16-7-4-13-9-14(23)5-6-15(13)18(16)27-19/h4-7,9,12,17,20H,8,10-11H2,1-3H3,(H,26,27)/t12-,17-/m0/s1. The number of hydrogen-bond acceptors (Lipinski definition) is 4. The summed E-state index contributed by atoms with van der Waals surface area (Å²) < 4.78 is 36.2. The lowest BCUT2D eigenvalue weighted by atomic mass is 10.1. The molecular formula is C22H24BrF2N3O3. The number of carbonyl (C=O) groups is 1. The number of aromatic nitrogens is 2.